The van der Waals surface area contributed by atoms with Crippen LogP contribution in [0.1, 0.15) is 48.4 Å². The fraction of sp³-hybridized carbons (Fsp3) is 0.318. The number of rotatable bonds is 5. The van der Waals surface area contributed by atoms with Crippen LogP contribution in [-0.2, 0) is 17.8 Å². The lowest BCUT2D eigenvalue weighted by atomic mass is 10.1. The summed E-state index contributed by atoms with van der Waals surface area (Å²) in [5, 5.41) is 4.14. The molecule has 1 aliphatic heterocycles. The van der Waals surface area contributed by atoms with E-state index in [1.54, 1.807) is 0 Å². The third-order valence-corrected chi connectivity index (χ3v) is 5.15. The van der Waals surface area contributed by atoms with Gasteiger partial charge in [0.05, 0.1) is 0 Å². The molecule has 1 amide bonds. The fourth-order valence-electron chi connectivity index (χ4n) is 3.46. The molecule has 1 unspecified atom stereocenters. The highest BCUT2D eigenvalue weighted by atomic mass is 16.5. The Morgan fingerprint density at radius 2 is 1.78 bits per heavy atom. The van der Waals surface area contributed by atoms with Crippen LogP contribution in [0.25, 0.3) is 11.4 Å². The summed E-state index contributed by atoms with van der Waals surface area (Å²) in [5.41, 5.74) is 4.51. The van der Waals surface area contributed by atoms with Gasteiger partial charge in [-0.15, -0.1) is 0 Å². The molecule has 1 aliphatic rings. The largest absolute Gasteiger partial charge is 0.337 e. The van der Waals surface area contributed by atoms with Crippen molar-refractivity contribution >= 4 is 5.91 Å². The number of carbonyl (C=O) groups is 1. The Morgan fingerprint density at radius 1 is 1.07 bits per heavy atom. The van der Waals surface area contributed by atoms with E-state index >= 15 is 0 Å². The molecule has 138 valence electrons. The third-order valence-electron chi connectivity index (χ3n) is 5.15. The van der Waals surface area contributed by atoms with E-state index in [-0.39, 0.29) is 11.9 Å². The Morgan fingerprint density at radius 3 is 2.48 bits per heavy atom. The highest BCUT2D eigenvalue weighted by molar-refractivity contribution is 5.78. The minimum atomic E-state index is -0.157. The number of benzene rings is 2. The fourth-order valence-corrected chi connectivity index (χ4v) is 3.46. The molecule has 3 aromatic rings. The van der Waals surface area contributed by atoms with Gasteiger partial charge in [0.15, 0.2) is 0 Å². The van der Waals surface area contributed by atoms with Crippen LogP contribution in [0, 0.1) is 6.92 Å². The number of nitrogens with zero attached hydrogens (tertiary/aromatic N) is 3. The molecule has 0 bridgehead atoms. The number of aromatic nitrogens is 2. The Kier molecular flexibility index (Phi) is 4.75. The molecule has 0 spiro atoms. The number of aryl methyl sites for hydroxylation is 2. The van der Waals surface area contributed by atoms with Crippen LogP contribution < -0.4 is 0 Å². The summed E-state index contributed by atoms with van der Waals surface area (Å²) < 4.78 is 5.54. The van der Waals surface area contributed by atoms with Crippen molar-refractivity contribution in [2.24, 2.45) is 0 Å². The Labute approximate surface area is 159 Å². The molecule has 27 heavy (non-hydrogen) atoms. The summed E-state index contributed by atoms with van der Waals surface area (Å²) in [6.07, 6.45) is 2.22. The van der Waals surface area contributed by atoms with Crippen molar-refractivity contribution in [3.8, 4) is 11.4 Å². The van der Waals surface area contributed by atoms with E-state index in [9.17, 15) is 4.79 Å². The number of likely N-dealkylation sites (tertiary alicyclic amines) is 1. The molecule has 5 heteroatoms. The van der Waals surface area contributed by atoms with E-state index in [4.69, 9.17) is 4.52 Å². The summed E-state index contributed by atoms with van der Waals surface area (Å²) >= 11 is 0. The second-order valence-corrected chi connectivity index (χ2v) is 7.07. The SMILES string of the molecule is CCc1ccc(-c2noc(C3CCC(=O)N3Cc3ccc(C)cc3)n2)cc1. The maximum atomic E-state index is 12.4. The van der Waals surface area contributed by atoms with Crippen molar-refractivity contribution in [3.63, 3.8) is 0 Å². The first kappa shape index (κ1) is 17.5. The first-order valence-corrected chi connectivity index (χ1v) is 9.42. The molecular formula is C22H23N3O2. The van der Waals surface area contributed by atoms with E-state index in [1.807, 2.05) is 17.0 Å². The Bertz CT molecular complexity index is 929. The predicted octanol–water partition coefficient (Wildman–Crippen LogP) is 4.47. The highest BCUT2D eigenvalue weighted by Crippen LogP contribution is 2.34. The summed E-state index contributed by atoms with van der Waals surface area (Å²) in [4.78, 5) is 18.8. The first-order valence-electron chi connectivity index (χ1n) is 9.42. The van der Waals surface area contributed by atoms with Gasteiger partial charge in [-0.25, -0.2) is 0 Å². The standard InChI is InChI=1S/C22H23N3O2/c1-3-16-8-10-18(11-9-16)21-23-22(27-24-21)19-12-13-20(26)25(19)14-17-6-4-15(2)5-7-17/h4-11,19H,3,12-14H2,1-2H3. The van der Waals surface area contributed by atoms with Crippen LogP contribution in [0.5, 0.6) is 0 Å². The van der Waals surface area contributed by atoms with Crippen LogP contribution >= 0.6 is 0 Å². The zero-order valence-electron chi connectivity index (χ0n) is 15.7. The maximum absolute atomic E-state index is 12.4. The van der Waals surface area contributed by atoms with E-state index in [1.165, 1.54) is 11.1 Å². The minimum absolute atomic E-state index is 0.132. The monoisotopic (exact) mass is 361 g/mol. The molecule has 2 aromatic carbocycles. The molecule has 4 rings (SSSR count). The lowest BCUT2D eigenvalue weighted by molar-refractivity contribution is -0.129. The van der Waals surface area contributed by atoms with E-state index < -0.39 is 0 Å². The first-order chi connectivity index (χ1) is 13.1. The predicted molar refractivity (Wildman–Crippen MR) is 103 cm³/mol. The highest BCUT2D eigenvalue weighted by Gasteiger charge is 2.36. The van der Waals surface area contributed by atoms with E-state index in [2.05, 4.69) is 60.4 Å². The number of hydrogen-bond acceptors (Lipinski definition) is 4. The molecule has 0 aliphatic carbocycles. The summed E-state index contributed by atoms with van der Waals surface area (Å²) in [6, 6.07) is 16.3. The van der Waals surface area contributed by atoms with Crippen LogP contribution in [0.2, 0.25) is 0 Å². The summed E-state index contributed by atoms with van der Waals surface area (Å²) in [6.45, 7) is 4.74. The lowest BCUT2D eigenvalue weighted by Crippen LogP contribution is -2.27. The average Bonchev–Trinajstić information content (AvgIpc) is 3.31. The van der Waals surface area contributed by atoms with Gasteiger partial charge in [-0.1, -0.05) is 66.2 Å². The average molecular weight is 361 g/mol. The quantitative estimate of drug-likeness (QED) is 0.673. The van der Waals surface area contributed by atoms with Gasteiger partial charge < -0.3 is 9.42 Å². The molecule has 0 N–H and O–H groups in total. The lowest BCUT2D eigenvalue weighted by Gasteiger charge is -2.22. The molecule has 1 fully saturated rings. The van der Waals surface area contributed by atoms with Crippen molar-refractivity contribution in [2.75, 3.05) is 0 Å². The molecule has 1 atom stereocenters. The van der Waals surface area contributed by atoms with Gasteiger partial charge in [-0.05, 0) is 30.9 Å². The smallest absolute Gasteiger partial charge is 0.249 e. The van der Waals surface area contributed by atoms with Crippen molar-refractivity contribution < 1.29 is 9.32 Å². The van der Waals surface area contributed by atoms with Crippen LogP contribution in [0.3, 0.4) is 0 Å². The molecular weight excluding hydrogens is 338 g/mol. The third kappa shape index (κ3) is 3.63. The maximum Gasteiger partial charge on any atom is 0.249 e. The van der Waals surface area contributed by atoms with Crippen LogP contribution in [-0.4, -0.2) is 20.9 Å². The summed E-state index contributed by atoms with van der Waals surface area (Å²) in [7, 11) is 0. The van der Waals surface area contributed by atoms with Gasteiger partial charge in [0.1, 0.15) is 6.04 Å². The van der Waals surface area contributed by atoms with Crippen molar-refractivity contribution in [1.29, 1.82) is 0 Å². The molecule has 0 saturated carbocycles. The van der Waals surface area contributed by atoms with Crippen molar-refractivity contribution in [2.45, 2.75) is 45.7 Å². The van der Waals surface area contributed by atoms with Gasteiger partial charge in [0.2, 0.25) is 17.6 Å². The Hall–Kier alpha value is -2.95. The number of carbonyl (C=O) groups excluding carboxylic acids is 1. The topological polar surface area (TPSA) is 59.2 Å². The van der Waals surface area contributed by atoms with Gasteiger partial charge in [-0.3, -0.25) is 4.79 Å². The molecule has 1 saturated heterocycles. The van der Waals surface area contributed by atoms with Crippen LogP contribution in [0.4, 0.5) is 0 Å². The van der Waals surface area contributed by atoms with E-state index in [0.717, 1.165) is 17.5 Å². The second kappa shape index (κ2) is 7.35. The summed E-state index contributed by atoms with van der Waals surface area (Å²) in [5.74, 6) is 1.22. The molecule has 0 radical (unpaired) electrons. The minimum Gasteiger partial charge on any atom is -0.337 e. The normalized spacial score (nSPS) is 16.9. The van der Waals surface area contributed by atoms with Gasteiger partial charge in [0.25, 0.3) is 0 Å². The second-order valence-electron chi connectivity index (χ2n) is 7.07. The number of hydrogen-bond donors (Lipinski definition) is 0. The van der Waals surface area contributed by atoms with Crippen molar-refractivity contribution in [3.05, 3.63) is 71.1 Å². The molecule has 1 aromatic heterocycles. The Balaban J connectivity index is 1.55. The van der Waals surface area contributed by atoms with Crippen LogP contribution in [0.15, 0.2) is 53.1 Å². The van der Waals surface area contributed by atoms with Gasteiger partial charge in [-0.2, -0.15) is 4.98 Å². The zero-order valence-corrected chi connectivity index (χ0v) is 15.7. The van der Waals surface area contributed by atoms with E-state index in [0.29, 0.717) is 31.1 Å². The van der Waals surface area contributed by atoms with Gasteiger partial charge >= 0.3 is 0 Å². The van der Waals surface area contributed by atoms with Crippen molar-refractivity contribution in [1.82, 2.24) is 15.0 Å². The number of amides is 1. The van der Waals surface area contributed by atoms with Gasteiger partial charge in [0, 0.05) is 18.5 Å². The zero-order chi connectivity index (χ0) is 18.8. The molecule has 5 nitrogen and oxygen atoms in total. The molecule has 2 heterocycles.